The molecule has 0 spiro atoms. The number of nitrogens with one attached hydrogen (secondary N) is 3. The molecule has 1 fully saturated rings. The van der Waals surface area contributed by atoms with Crippen LogP contribution in [0.1, 0.15) is 26.3 Å². The van der Waals surface area contributed by atoms with Crippen LogP contribution in [0.25, 0.3) is 5.69 Å². The molecule has 8 heteroatoms. The quantitative estimate of drug-likeness (QED) is 0.426. The first-order valence-electron chi connectivity index (χ1n) is 12.1. The third kappa shape index (κ3) is 6.49. The molecule has 0 radical (unpaired) electrons. The number of hydrogen-bond acceptors (Lipinski definition) is 6. The Bertz CT molecular complexity index is 1110. The summed E-state index contributed by atoms with van der Waals surface area (Å²) in [4.78, 5) is 8.00. The summed E-state index contributed by atoms with van der Waals surface area (Å²) in [6, 6.07) is 20.3. The van der Waals surface area contributed by atoms with Crippen LogP contribution >= 0.6 is 0 Å². The van der Waals surface area contributed by atoms with Crippen molar-refractivity contribution >= 4 is 11.5 Å². The zero-order valence-corrected chi connectivity index (χ0v) is 20.7. The van der Waals surface area contributed by atoms with Crippen LogP contribution in [0.2, 0.25) is 0 Å². The van der Waals surface area contributed by atoms with Crippen molar-refractivity contribution < 1.29 is 4.84 Å². The van der Waals surface area contributed by atoms with Gasteiger partial charge in [0.1, 0.15) is 18.4 Å². The number of nitrogens with zero attached hydrogens (tertiary/aromatic N) is 4. The monoisotopic (exact) mass is 473 g/mol. The van der Waals surface area contributed by atoms with Gasteiger partial charge in [0.05, 0.1) is 17.8 Å². The van der Waals surface area contributed by atoms with Gasteiger partial charge < -0.3 is 15.5 Å². The zero-order valence-electron chi connectivity index (χ0n) is 20.7. The number of anilines is 1. The second-order valence-corrected chi connectivity index (χ2v) is 8.99. The van der Waals surface area contributed by atoms with Crippen LogP contribution < -0.4 is 10.6 Å². The highest BCUT2D eigenvalue weighted by atomic mass is 16.7. The Balaban J connectivity index is 1.61. The predicted molar refractivity (Wildman–Crippen MR) is 140 cm³/mol. The van der Waals surface area contributed by atoms with E-state index in [1.165, 1.54) is 0 Å². The molecule has 0 atom stereocenters. The normalized spacial score (nSPS) is 16.3. The second kappa shape index (κ2) is 11.7. The Hall–Kier alpha value is -3.62. The summed E-state index contributed by atoms with van der Waals surface area (Å²) in [5.74, 6) is 1.71. The first-order valence-corrected chi connectivity index (χ1v) is 12.1. The van der Waals surface area contributed by atoms with E-state index >= 15 is 0 Å². The van der Waals surface area contributed by atoms with Gasteiger partial charge in [0, 0.05) is 37.7 Å². The third-order valence-electron chi connectivity index (χ3n) is 5.79. The molecule has 35 heavy (non-hydrogen) atoms. The molecule has 0 amide bonds. The van der Waals surface area contributed by atoms with Crippen molar-refractivity contribution in [3.8, 4) is 5.69 Å². The summed E-state index contributed by atoms with van der Waals surface area (Å²) < 4.78 is 1.84. The van der Waals surface area contributed by atoms with Crippen molar-refractivity contribution in [2.75, 3.05) is 31.7 Å². The predicted octanol–water partition coefficient (Wildman–Crippen LogP) is 4.45. The van der Waals surface area contributed by atoms with Crippen LogP contribution in [0, 0.1) is 11.3 Å². The van der Waals surface area contributed by atoms with Crippen molar-refractivity contribution in [2.45, 2.75) is 27.3 Å². The van der Waals surface area contributed by atoms with Crippen LogP contribution in [0.5, 0.6) is 0 Å². The number of aromatic nitrogens is 2. The fourth-order valence-electron chi connectivity index (χ4n) is 3.96. The molecule has 8 nitrogen and oxygen atoms in total. The summed E-state index contributed by atoms with van der Waals surface area (Å²) in [6.45, 7) is 9.39. The average molecular weight is 474 g/mol. The van der Waals surface area contributed by atoms with Gasteiger partial charge in [-0.2, -0.15) is 10.2 Å². The maximum atomic E-state index is 9.06. The van der Waals surface area contributed by atoms with Gasteiger partial charge in [0.15, 0.2) is 0 Å². The maximum Gasteiger partial charge on any atom is 0.141 e. The molecule has 4 rings (SSSR count). The van der Waals surface area contributed by atoms with Crippen molar-refractivity contribution in [1.82, 2.24) is 25.1 Å². The van der Waals surface area contributed by atoms with Crippen LogP contribution in [0.3, 0.4) is 0 Å². The molecule has 1 aliphatic heterocycles. The second-order valence-electron chi connectivity index (χ2n) is 8.99. The Kier molecular flexibility index (Phi) is 8.18. The van der Waals surface area contributed by atoms with Crippen molar-refractivity contribution in [1.29, 1.82) is 5.41 Å². The average Bonchev–Trinajstić information content (AvgIpc) is 3.36. The molecule has 1 saturated heterocycles. The first kappa shape index (κ1) is 24.5. The summed E-state index contributed by atoms with van der Waals surface area (Å²) in [7, 11) is 0. The van der Waals surface area contributed by atoms with Gasteiger partial charge in [-0.05, 0) is 41.8 Å². The van der Waals surface area contributed by atoms with E-state index in [1.807, 2.05) is 57.2 Å². The van der Waals surface area contributed by atoms with Gasteiger partial charge in [-0.3, -0.25) is 10.2 Å². The smallest absolute Gasteiger partial charge is 0.141 e. The van der Waals surface area contributed by atoms with Crippen LogP contribution in [0.15, 0.2) is 84.5 Å². The maximum absolute atomic E-state index is 9.06. The standard InChI is InChI=1S/C27H35N7O/c1-4-33-19-25(26(28)32(20-35-33)18-21(2)3)27(31-23-9-6-5-7-10-23)29-17-22-11-13-24(14-12-22)34-16-8-15-30-34/h5-16,21,28-29,31H,4,17-20H2,1-3H3/b27-25+,28-26?. The third-order valence-corrected chi connectivity index (χ3v) is 5.79. The van der Waals surface area contributed by atoms with Crippen molar-refractivity contribution in [3.63, 3.8) is 0 Å². The number of amidine groups is 1. The number of likely N-dealkylation sites (N-methyl/N-ethyl adjacent to an activating group) is 1. The van der Waals surface area contributed by atoms with Gasteiger partial charge in [0.25, 0.3) is 0 Å². The lowest BCUT2D eigenvalue weighted by Crippen LogP contribution is -2.37. The first-order chi connectivity index (χ1) is 17.0. The topological polar surface area (TPSA) is 81.4 Å². The van der Waals surface area contributed by atoms with Gasteiger partial charge in [-0.25, -0.2) is 4.68 Å². The van der Waals surface area contributed by atoms with Gasteiger partial charge in [-0.1, -0.05) is 51.1 Å². The highest BCUT2D eigenvalue weighted by Crippen LogP contribution is 2.19. The molecule has 0 saturated carbocycles. The SMILES string of the molecule is CCN1C/C(=C(/NCc2ccc(-n3cccn3)cc2)Nc2ccccc2)C(=N)N(CC(C)C)CO1. The largest absolute Gasteiger partial charge is 0.367 e. The lowest BCUT2D eigenvalue weighted by Gasteiger charge is -2.26. The van der Waals surface area contributed by atoms with Gasteiger partial charge in [-0.15, -0.1) is 0 Å². The summed E-state index contributed by atoms with van der Waals surface area (Å²) >= 11 is 0. The van der Waals surface area contributed by atoms with Crippen LogP contribution in [-0.2, 0) is 11.4 Å². The van der Waals surface area contributed by atoms with E-state index in [4.69, 9.17) is 10.2 Å². The molecule has 1 aromatic heterocycles. The Morgan fingerprint density at radius 1 is 1.09 bits per heavy atom. The van der Waals surface area contributed by atoms with E-state index in [9.17, 15) is 0 Å². The summed E-state index contributed by atoms with van der Waals surface area (Å²) in [6.07, 6.45) is 3.71. The number of rotatable bonds is 9. The van der Waals surface area contributed by atoms with Crippen LogP contribution in [-0.4, -0.2) is 51.9 Å². The summed E-state index contributed by atoms with van der Waals surface area (Å²) in [5.41, 5.74) is 4.00. The number of para-hydroxylation sites is 1. The minimum Gasteiger partial charge on any atom is -0.367 e. The molecule has 2 heterocycles. The molecule has 3 N–H and O–H groups in total. The van der Waals surface area contributed by atoms with E-state index in [0.29, 0.717) is 31.6 Å². The van der Waals surface area contributed by atoms with E-state index in [2.05, 4.69) is 60.8 Å². The highest BCUT2D eigenvalue weighted by molar-refractivity contribution is 5.97. The minimum atomic E-state index is 0.377. The molecule has 0 aliphatic carbocycles. The van der Waals surface area contributed by atoms with E-state index in [1.54, 1.807) is 6.20 Å². The zero-order chi connectivity index (χ0) is 24.6. The van der Waals surface area contributed by atoms with E-state index in [-0.39, 0.29) is 0 Å². The molecule has 2 aromatic carbocycles. The molecule has 184 valence electrons. The minimum absolute atomic E-state index is 0.377. The number of hydroxylamine groups is 2. The lowest BCUT2D eigenvalue weighted by molar-refractivity contribution is -0.168. The Morgan fingerprint density at radius 3 is 2.51 bits per heavy atom. The van der Waals surface area contributed by atoms with Crippen molar-refractivity contribution in [2.24, 2.45) is 5.92 Å². The van der Waals surface area contributed by atoms with Crippen LogP contribution in [0.4, 0.5) is 5.69 Å². The van der Waals surface area contributed by atoms with Gasteiger partial charge >= 0.3 is 0 Å². The lowest BCUT2D eigenvalue weighted by atomic mass is 10.1. The van der Waals surface area contributed by atoms with Crippen molar-refractivity contribution in [3.05, 3.63) is 90.0 Å². The Morgan fingerprint density at radius 2 is 1.86 bits per heavy atom. The molecule has 3 aromatic rings. The fraction of sp³-hybridized carbons (Fsp3) is 0.333. The molecule has 0 unspecified atom stereocenters. The fourth-order valence-corrected chi connectivity index (χ4v) is 3.96. The van der Waals surface area contributed by atoms with Gasteiger partial charge in [0.2, 0.25) is 0 Å². The number of benzene rings is 2. The molecular formula is C27H35N7O. The number of hydrogen-bond donors (Lipinski definition) is 3. The van der Waals surface area contributed by atoms with E-state index < -0.39 is 0 Å². The highest BCUT2D eigenvalue weighted by Gasteiger charge is 2.26. The summed E-state index contributed by atoms with van der Waals surface area (Å²) in [5, 5.41) is 22.4. The van der Waals surface area contributed by atoms with E-state index in [0.717, 1.165) is 41.4 Å². The Labute approximate surface area is 207 Å². The molecule has 1 aliphatic rings. The molecular weight excluding hydrogens is 438 g/mol. The molecule has 0 bridgehead atoms.